The summed E-state index contributed by atoms with van der Waals surface area (Å²) in [6.45, 7) is 9.09. The summed E-state index contributed by atoms with van der Waals surface area (Å²) in [4.78, 5) is 0. The van der Waals surface area contributed by atoms with Gasteiger partial charge in [-0.25, -0.2) is 0 Å². The van der Waals surface area contributed by atoms with Crippen molar-refractivity contribution < 1.29 is 0 Å². The summed E-state index contributed by atoms with van der Waals surface area (Å²) in [7, 11) is 0. The summed E-state index contributed by atoms with van der Waals surface area (Å²) < 4.78 is 0. The van der Waals surface area contributed by atoms with Gasteiger partial charge in [0.2, 0.25) is 0 Å². The van der Waals surface area contributed by atoms with E-state index in [1.165, 1.54) is 32.1 Å². The zero-order chi connectivity index (χ0) is 11.8. The molecule has 0 bridgehead atoms. The summed E-state index contributed by atoms with van der Waals surface area (Å²) >= 11 is 0. The van der Waals surface area contributed by atoms with Crippen LogP contribution < -0.4 is 11.1 Å². The number of nitrogens with two attached hydrogens (primary N) is 1. The predicted octanol–water partition coefficient (Wildman–Crippen LogP) is 2.53. The van der Waals surface area contributed by atoms with E-state index in [0.29, 0.717) is 5.41 Å². The average Bonchev–Trinajstić information content (AvgIpc) is 3.02. The van der Waals surface area contributed by atoms with Crippen molar-refractivity contribution in [2.75, 3.05) is 13.1 Å². The van der Waals surface area contributed by atoms with Crippen molar-refractivity contribution in [1.29, 1.82) is 0 Å². The molecule has 2 aliphatic rings. The molecule has 2 saturated carbocycles. The maximum Gasteiger partial charge on any atom is 0.0355 e. The lowest BCUT2D eigenvalue weighted by Gasteiger charge is -2.42. The van der Waals surface area contributed by atoms with E-state index in [4.69, 9.17) is 5.73 Å². The standard InChI is InChI=1S/C14H28N2/c1-11(12-5-6-12)9-16-14(10-15)8-4-7-13(14,2)3/h11-12,16H,4-10,15H2,1-3H3. The van der Waals surface area contributed by atoms with Crippen LogP contribution in [0.2, 0.25) is 0 Å². The van der Waals surface area contributed by atoms with Gasteiger partial charge in [0.15, 0.2) is 0 Å². The molecule has 0 spiro atoms. The third-order valence-corrected chi connectivity index (χ3v) is 5.24. The van der Waals surface area contributed by atoms with Crippen LogP contribution in [0.5, 0.6) is 0 Å². The van der Waals surface area contributed by atoms with E-state index in [2.05, 4.69) is 26.1 Å². The van der Waals surface area contributed by atoms with Gasteiger partial charge < -0.3 is 11.1 Å². The van der Waals surface area contributed by atoms with E-state index >= 15 is 0 Å². The van der Waals surface area contributed by atoms with E-state index < -0.39 is 0 Å². The fourth-order valence-corrected chi connectivity index (χ4v) is 3.38. The van der Waals surface area contributed by atoms with Crippen molar-refractivity contribution >= 4 is 0 Å². The van der Waals surface area contributed by atoms with Gasteiger partial charge in [-0.2, -0.15) is 0 Å². The molecule has 0 saturated heterocycles. The molecule has 2 unspecified atom stereocenters. The molecule has 3 N–H and O–H groups in total. The van der Waals surface area contributed by atoms with Gasteiger partial charge in [0.25, 0.3) is 0 Å². The van der Waals surface area contributed by atoms with E-state index in [0.717, 1.165) is 24.9 Å². The number of rotatable bonds is 5. The molecule has 2 rings (SSSR count). The molecule has 2 atom stereocenters. The Morgan fingerprint density at radius 2 is 2.00 bits per heavy atom. The number of hydrogen-bond donors (Lipinski definition) is 2. The van der Waals surface area contributed by atoms with Crippen molar-refractivity contribution in [2.45, 2.75) is 58.4 Å². The van der Waals surface area contributed by atoms with Gasteiger partial charge >= 0.3 is 0 Å². The van der Waals surface area contributed by atoms with Gasteiger partial charge in [0.1, 0.15) is 0 Å². The molecule has 2 heteroatoms. The predicted molar refractivity (Wildman–Crippen MR) is 69.3 cm³/mol. The molecule has 2 nitrogen and oxygen atoms in total. The van der Waals surface area contributed by atoms with E-state index in [-0.39, 0.29) is 5.54 Å². The summed E-state index contributed by atoms with van der Waals surface area (Å²) in [5.74, 6) is 1.83. The van der Waals surface area contributed by atoms with E-state index in [1.807, 2.05) is 0 Å². The Hall–Kier alpha value is -0.0800. The van der Waals surface area contributed by atoms with Gasteiger partial charge in [0, 0.05) is 12.1 Å². The van der Waals surface area contributed by atoms with Crippen LogP contribution in [-0.2, 0) is 0 Å². The lowest BCUT2D eigenvalue weighted by atomic mass is 9.74. The fourth-order valence-electron chi connectivity index (χ4n) is 3.38. The molecule has 0 aliphatic heterocycles. The van der Waals surface area contributed by atoms with E-state index in [1.54, 1.807) is 0 Å². The summed E-state index contributed by atoms with van der Waals surface area (Å²) in [6.07, 6.45) is 6.79. The zero-order valence-electron chi connectivity index (χ0n) is 11.2. The van der Waals surface area contributed by atoms with Gasteiger partial charge in [0.05, 0.1) is 0 Å². The second-order valence-corrected chi connectivity index (χ2v) is 6.72. The highest BCUT2D eigenvalue weighted by Gasteiger charge is 2.47. The largest absolute Gasteiger partial charge is 0.329 e. The van der Waals surface area contributed by atoms with Gasteiger partial charge in [-0.05, 0) is 49.5 Å². The first-order valence-corrected chi connectivity index (χ1v) is 6.96. The molecular weight excluding hydrogens is 196 g/mol. The molecule has 0 amide bonds. The van der Waals surface area contributed by atoms with Crippen LogP contribution in [0.1, 0.15) is 52.9 Å². The Labute approximate surface area is 100 Å². The Kier molecular flexibility index (Phi) is 3.33. The third-order valence-electron chi connectivity index (χ3n) is 5.24. The first kappa shape index (κ1) is 12.4. The SMILES string of the molecule is CC(CNC1(CN)CCCC1(C)C)C1CC1. The van der Waals surface area contributed by atoms with Crippen LogP contribution >= 0.6 is 0 Å². The Balaban J connectivity index is 1.93. The summed E-state index contributed by atoms with van der Waals surface area (Å²) in [5, 5.41) is 3.83. The fraction of sp³-hybridized carbons (Fsp3) is 1.00. The first-order valence-electron chi connectivity index (χ1n) is 6.96. The second kappa shape index (κ2) is 4.30. The average molecular weight is 224 g/mol. The van der Waals surface area contributed by atoms with Crippen LogP contribution in [0.15, 0.2) is 0 Å². The Bertz CT molecular complexity index is 245. The zero-order valence-corrected chi connectivity index (χ0v) is 11.2. The highest BCUT2D eigenvalue weighted by atomic mass is 15.0. The van der Waals surface area contributed by atoms with Crippen molar-refractivity contribution in [3.63, 3.8) is 0 Å². The molecule has 0 radical (unpaired) electrons. The van der Waals surface area contributed by atoms with Gasteiger partial charge in [-0.1, -0.05) is 27.2 Å². The van der Waals surface area contributed by atoms with Crippen molar-refractivity contribution in [1.82, 2.24) is 5.32 Å². The molecule has 0 aromatic heterocycles. The van der Waals surface area contributed by atoms with Crippen LogP contribution in [-0.4, -0.2) is 18.6 Å². The number of hydrogen-bond acceptors (Lipinski definition) is 2. The molecule has 0 heterocycles. The van der Waals surface area contributed by atoms with Crippen LogP contribution in [0.3, 0.4) is 0 Å². The minimum Gasteiger partial charge on any atom is -0.329 e. The molecule has 0 aromatic rings. The maximum absolute atomic E-state index is 6.06. The van der Waals surface area contributed by atoms with E-state index in [9.17, 15) is 0 Å². The number of nitrogens with one attached hydrogen (secondary N) is 1. The van der Waals surface area contributed by atoms with Crippen LogP contribution in [0.4, 0.5) is 0 Å². The van der Waals surface area contributed by atoms with Crippen LogP contribution in [0.25, 0.3) is 0 Å². The lowest BCUT2D eigenvalue weighted by Crippen LogP contribution is -2.58. The summed E-state index contributed by atoms with van der Waals surface area (Å²) in [5.41, 5.74) is 6.63. The molecule has 94 valence electrons. The third kappa shape index (κ3) is 2.14. The lowest BCUT2D eigenvalue weighted by molar-refractivity contribution is 0.155. The van der Waals surface area contributed by atoms with Crippen LogP contribution in [0, 0.1) is 17.3 Å². The van der Waals surface area contributed by atoms with Gasteiger partial charge in [-0.15, -0.1) is 0 Å². The first-order chi connectivity index (χ1) is 7.51. The highest BCUT2D eigenvalue weighted by Crippen LogP contribution is 2.46. The Morgan fingerprint density at radius 3 is 2.44 bits per heavy atom. The molecule has 16 heavy (non-hydrogen) atoms. The van der Waals surface area contributed by atoms with Crippen molar-refractivity contribution in [3.05, 3.63) is 0 Å². The quantitative estimate of drug-likeness (QED) is 0.753. The summed E-state index contributed by atoms with van der Waals surface area (Å²) in [6, 6.07) is 0. The monoisotopic (exact) mass is 224 g/mol. The molecular formula is C14H28N2. The molecule has 2 fully saturated rings. The minimum absolute atomic E-state index is 0.205. The normalized spacial score (nSPS) is 35.2. The molecule has 0 aromatic carbocycles. The minimum atomic E-state index is 0.205. The second-order valence-electron chi connectivity index (χ2n) is 6.72. The Morgan fingerprint density at radius 1 is 1.31 bits per heavy atom. The molecule has 2 aliphatic carbocycles. The van der Waals surface area contributed by atoms with Crippen molar-refractivity contribution in [3.8, 4) is 0 Å². The topological polar surface area (TPSA) is 38.0 Å². The highest BCUT2D eigenvalue weighted by molar-refractivity contribution is 5.06. The smallest absolute Gasteiger partial charge is 0.0355 e. The van der Waals surface area contributed by atoms with Crippen molar-refractivity contribution in [2.24, 2.45) is 23.0 Å². The van der Waals surface area contributed by atoms with Gasteiger partial charge in [-0.3, -0.25) is 0 Å². The maximum atomic E-state index is 6.06.